The lowest BCUT2D eigenvalue weighted by molar-refractivity contribution is -0.125. The van der Waals surface area contributed by atoms with Gasteiger partial charge >= 0.3 is 0 Å². The van der Waals surface area contributed by atoms with Crippen molar-refractivity contribution in [2.45, 2.75) is 26.3 Å². The van der Waals surface area contributed by atoms with Gasteiger partial charge in [0.05, 0.1) is 19.1 Å². The molecule has 1 aromatic heterocycles. The molecule has 134 valence electrons. The highest BCUT2D eigenvalue weighted by atomic mass is 32.1. The summed E-state index contributed by atoms with van der Waals surface area (Å²) in [5.74, 6) is -0.358. The molecule has 6 heteroatoms. The Labute approximate surface area is 152 Å². The number of hydrogen-bond acceptors (Lipinski definition) is 4. The van der Waals surface area contributed by atoms with E-state index in [0.717, 1.165) is 16.9 Å². The van der Waals surface area contributed by atoms with Gasteiger partial charge in [-0.05, 0) is 30.4 Å². The SMILES string of the molecule is CCCNC(=O)CNC(=O)CN[C@H](c1ccc(C)cc1)c1cccs1. The Balaban J connectivity index is 1.91. The molecule has 1 aromatic carbocycles. The zero-order valence-corrected chi connectivity index (χ0v) is 15.5. The van der Waals surface area contributed by atoms with Crippen molar-refractivity contribution in [3.05, 3.63) is 57.8 Å². The van der Waals surface area contributed by atoms with Crippen LogP contribution >= 0.6 is 11.3 Å². The number of carbonyl (C=O) groups excluding carboxylic acids is 2. The lowest BCUT2D eigenvalue weighted by atomic mass is 10.0. The van der Waals surface area contributed by atoms with Gasteiger partial charge in [0.15, 0.2) is 0 Å². The molecule has 5 nitrogen and oxygen atoms in total. The molecule has 0 radical (unpaired) electrons. The van der Waals surface area contributed by atoms with Crippen LogP contribution in [0.4, 0.5) is 0 Å². The molecule has 2 rings (SSSR count). The number of benzene rings is 1. The van der Waals surface area contributed by atoms with Gasteiger partial charge < -0.3 is 10.6 Å². The van der Waals surface area contributed by atoms with Crippen molar-refractivity contribution in [3.63, 3.8) is 0 Å². The Hall–Kier alpha value is -2.18. The van der Waals surface area contributed by atoms with Crippen molar-refractivity contribution < 1.29 is 9.59 Å². The van der Waals surface area contributed by atoms with E-state index in [0.29, 0.717) is 6.54 Å². The van der Waals surface area contributed by atoms with Crippen LogP contribution in [0.1, 0.15) is 35.4 Å². The molecule has 0 fully saturated rings. The Morgan fingerprint density at radius 1 is 1.04 bits per heavy atom. The molecule has 0 saturated heterocycles. The third-order valence-electron chi connectivity index (χ3n) is 3.72. The Bertz CT molecular complexity index is 668. The number of rotatable bonds is 9. The van der Waals surface area contributed by atoms with Crippen LogP contribution in [0.15, 0.2) is 41.8 Å². The average Bonchev–Trinajstić information content (AvgIpc) is 3.14. The van der Waals surface area contributed by atoms with Gasteiger partial charge in [0.1, 0.15) is 0 Å². The Kier molecular flexibility index (Phi) is 7.63. The molecule has 0 spiro atoms. The third kappa shape index (κ3) is 6.32. The highest BCUT2D eigenvalue weighted by Gasteiger charge is 2.16. The Morgan fingerprint density at radius 2 is 1.76 bits per heavy atom. The van der Waals surface area contributed by atoms with Crippen LogP contribution in [0.2, 0.25) is 0 Å². The highest BCUT2D eigenvalue weighted by molar-refractivity contribution is 7.10. The maximum Gasteiger partial charge on any atom is 0.239 e. The monoisotopic (exact) mass is 359 g/mol. The van der Waals surface area contributed by atoms with Crippen molar-refractivity contribution in [3.8, 4) is 0 Å². The van der Waals surface area contributed by atoms with Crippen LogP contribution in [-0.4, -0.2) is 31.4 Å². The summed E-state index contributed by atoms with van der Waals surface area (Å²) in [6.07, 6.45) is 0.875. The van der Waals surface area contributed by atoms with Gasteiger partial charge in [0.2, 0.25) is 11.8 Å². The quantitative estimate of drug-likeness (QED) is 0.644. The molecule has 0 unspecified atom stereocenters. The number of carbonyl (C=O) groups is 2. The molecule has 2 amide bonds. The maximum absolute atomic E-state index is 12.0. The summed E-state index contributed by atoms with van der Waals surface area (Å²) in [6, 6.07) is 12.3. The zero-order chi connectivity index (χ0) is 18.1. The standard InChI is InChI=1S/C19H25N3O2S/c1-3-10-20-17(23)12-21-18(24)13-22-19(16-5-4-11-25-16)15-8-6-14(2)7-9-15/h4-9,11,19,22H,3,10,12-13H2,1-2H3,(H,20,23)(H,21,24)/t19-/m1/s1. The predicted molar refractivity (Wildman–Crippen MR) is 102 cm³/mol. The molecule has 3 N–H and O–H groups in total. The smallest absolute Gasteiger partial charge is 0.239 e. The van der Waals surface area contributed by atoms with Crippen molar-refractivity contribution >= 4 is 23.2 Å². The summed E-state index contributed by atoms with van der Waals surface area (Å²) in [4.78, 5) is 24.7. The molecule has 0 aliphatic carbocycles. The second-order valence-electron chi connectivity index (χ2n) is 5.87. The topological polar surface area (TPSA) is 70.2 Å². The van der Waals surface area contributed by atoms with Crippen LogP contribution in [-0.2, 0) is 9.59 Å². The van der Waals surface area contributed by atoms with Crippen LogP contribution < -0.4 is 16.0 Å². The molecule has 2 aromatic rings. The first-order chi connectivity index (χ1) is 12.1. The fourth-order valence-corrected chi connectivity index (χ4v) is 3.19. The van der Waals surface area contributed by atoms with Crippen molar-refractivity contribution in [2.24, 2.45) is 0 Å². The number of amides is 2. The fraction of sp³-hybridized carbons (Fsp3) is 0.368. The molecule has 1 atom stereocenters. The molecular weight excluding hydrogens is 334 g/mol. The summed E-state index contributed by atoms with van der Waals surface area (Å²) < 4.78 is 0. The molecule has 1 heterocycles. The molecular formula is C19H25N3O2S. The summed E-state index contributed by atoms with van der Waals surface area (Å²) >= 11 is 1.65. The van der Waals surface area contributed by atoms with Crippen molar-refractivity contribution in [1.29, 1.82) is 0 Å². The first kappa shape index (κ1) is 19.1. The van der Waals surface area contributed by atoms with Gasteiger partial charge in [-0.1, -0.05) is 42.8 Å². The number of thiophene rings is 1. The fourth-order valence-electron chi connectivity index (χ4n) is 2.36. The van der Waals surface area contributed by atoms with Crippen LogP contribution in [0.5, 0.6) is 0 Å². The summed E-state index contributed by atoms with van der Waals surface area (Å²) in [5, 5.41) is 10.7. The van der Waals surface area contributed by atoms with Crippen LogP contribution in [0.25, 0.3) is 0 Å². The molecule has 0 aliphatic heterocycles. The van der Waals surface area contributed by atoms with E-state index < -0.39 is 0 Å². The van der Waals surface area contributed by atoms with E-state index in [4.69, 9.17) is 0 Å². The van der Waals surface area contributed by atoms with E-state index in [1.807, 2.05) is 25.3 Å². The molecule has 0 saturated carbocycles. The number of aryl methyl sites for hydroxylation is 1. The normalized spacial score (nSPS) is 11.8. The first-order valence-electron chi connectivity index (χ1n) is 8.47. The van der Waals surface area contributed by atoms with E-state index in [1.165, 1.54) is 5.56 Å². The average molecular weight is 359 g/mol. The molecule has 0 bridgehead atoms. The predicted octanol–water partition coefficient (Wildman–Crippen LogP) is 2.38. The molecule has 25 heavy (non-hydrogen) atoms. The third-order valence-corrected chi connectivity index (χ3v) is 4.66. The van der Waals surface area contributed by atoms with E-state index in [2.05, 4.69) is 46.3 Å². The van der Waals surface area contributed by atoms with Gasteiger partial charge in [0.25, 0.3) is 0 Å². The van der Waals surface area contributed by atoms with E-state index >= 15 is 0 Å². The zero-order valence-electron chi connectivity index (χ0n) is 14.7. The minimum absolute atomic E-state index is 0.00864. The van der Waals surface area contributed by atoms with E-state index in [-0.39, 0.29) is 30.9 Å². The van der Waals surface area contributed by atoms with Crippen molar-refractivity contribution in [1.82, 2.24) is 16.0 Å². The van der Waals surface area contributed by atoms with Gasteiger partial charge in [-0.15, -0.1) is 11.3 Å². The van der Waals surface area contributed by atoms with Gasteiger partial charge in [-0.3, -0.25) is 14.9 Å². The minimum atomic E-state index is -0.194. The largest absolute Gasteiger partial charge is 0.355 e. The number of hydrogen-bond donors (Lipinski definition) is 3. The van der Waals surface area contributed by atoms with Crippen LogP contribution in [0, 0.1) is 6.92 Å². The lowest BCUT2D eigenvalue weighted by Gasteiger charge is -2.18. The van der Waals surface area contributed by atoms with E-state index in [9.17, 15) is 9.59 Å². The van der Waals surface area contributed by atoms with Crippen molar-refractivity contribution in [2.75, 3.05) is 19.6 Å². The second-order valence-corrected chi connectivity index (χ2v) is 6.85. The summed E-state index contributed by atoms with van der Waals surface area (Å²) in [5.41, 5.74) is 2.31. The van der Waals surface area contributed by atoms with Gasteiger partial charge in [-0.25, -0.2) is 0 Å². The first-order valence-corrected chi connectivity index (χ1v) is 9.35. The van der Waals surface area contributed by atoms with Gasteiger partial charge in [-0.2, -0.15) is 0 Å². The lowest BCUT2D eigenvalue weighted by Crippen LogP contribution is -2.41. The highest BCUT2D eigenvalue weighted by Crippen LogP contribution is 2.26. The van der Waals surface area contributed by atoms with Gasteiger partial charge in [0, 0.05) is 11.4 Å². The number of nitrogens with one attached hydrogen (secondary N) is 3. The minimum Gasteiger partial charge on any atom is -0.355 e. The van der Waals surface area contributed by atoms with Crippen LogP contribution in [0.3, 0.4) is 0 Å². The summed E-state index contributed by atoms with van der Waals surface area (Å²) in [7, 11) is 0. The Morgan fingerprint density at radius 3 is 2.40 bits per heavy atom. The van der Waals surface area contributed by atoms with E-state index in [1.54, 1.807) is 11.3 Å². The summed E-state index contributed by atoms with van der Waals surface area (Å²) in [6.45, 7) is 4.82. The molecule has 0 aliphatic rings. The second kappa shape index (κ2) is 9.96. The maximum atomic E-state index is 12.0.